The second-order valence-electron chi connectivity index (χ2n) is 4.83. The number of primary amides is 1. The van der Waals surface area contributed by atoms with E-state index in [0.717, 1.165) is 25.9 Å². The molecule has 1 aliphatic heterocycles. The number of aromatic nitrogens is 1. The molecule has 3 N–H and O–H groups in total. The van der Waals surface area contributed by atoms with Gasteiger partial charge in [-0.1, -0.05) is 0 Å². The van der Waals surface area contributed by atoms with Gasteiger partial charge in [0.25, 0.3) is 5.91 Å². The number of nitrogens with zero attached hydrogens (tertiary/aromatic N) is 2. The summed E-state index contributed by atoms with van der Waals surface area (Å²) in [6, 6.07) is 3.59. The van der Waals surface area contributed by atoms with E-state index in [1.54, 1.807) is 18.3 Å². The molecule has 0 spiro atoms. The number of nitrogens with two attached hydrogens (primary N) is 1. The van der Waals surface area contributed by atoms with Crippen molar-refractivity contribution in [2.45, 2.75) is 18.9 Å². The highest BCUT2D eigenvalue weighted by Gasteiger charge is 2.22. The summed E-state index contributed by atoms with van der Waals surface area (Å²) in [5, 5.41) is 3.00. The van der Waals surface area contributed by atoms with Crippen LogP contribution in [0, 0.1) is 0 Å². The van der Waals surface area contributed by atoms with Crippen molar-refractivity contribution in [3.63, 3.8) is 0 Å². The van der Waals surface area contributed by atoms with Crippen LogP contribution in [0.5, 0.6) is 0 Å². The van der Waals surface area contributed by atoms with Gasteiger partial charge in [-0.25, -0.2) is 4.98 Å². The number of hydrogen-bond donors (Lipinski definition) is 2. The van der Waals surface area contributed by atoms with Crippen molar-refractivity contribution in [2.24, 2.45) is 5.73 Å². The Hall–Kier alpha value is -1.47. The zero-order valence-corrected chi connectivity index (χ0v) is 12.6. The molecule has 2 amide bonds. The smallest absolute Gasteiger partial charge is 0.254 e. The minimum Gasteiger partial charge on any atom is -0.369 e. The van der Waals surface area contributed by atoms with Crippen molar-refractivity contribution in [1.82, 2.24) is 15.2 Å². The lowest BCUT2D eigenvalue weighted by molar-refractivity contribution is -0.119. The van der Waals surface area contributed by atoms with Gasteiger partial charge < -0.3 is 11.1 Å². The number of pyridine rings is 1. The molecule has 0 aromatic carbocycles. The number of carbonyl (C=O) groups is 2. The van der Waals surface area contributed by atoms with Crippen molar-refractivity contribution in [3.05, 3.63) is 28.5 Å². The monoisotopic (exact) mass is 340 g/mol. The minimum absolute atomic E-state index is 0.124. The Morgan fingerprint density at radius 2 is 2.15 bits per heavy atom. The third-order valence-corrected chi connectivity index (χ3v) is 3.94. The Kier molecular flexibility index (Phi) is 5.08. The summed E-state index contributed by atoms with van der Waals surface area (Å²) < 4.78 is 0.545. The van der Waals surface area contributed by atoms with Gasteiger partial charge in [0.15, 0.2) is 0 Å². The summed E-state index contributed by atoms with van der Waals surface area (Å²) >= 11 is 3.27. The Labute approximate surface area is 125 Å². The van der Waals surface area contributed by atoms with Gasteiger partial charge in [-0.15, -0.1) is 0 Å². The Morgan fingerprint density at radius 3 is 2.75 bits per heavy atom. The number of carbonyl (C=O) groups excluding carboxylic acids is 2. The van der Waals surface area contributed by atoms with Gasteiger partial charge in [-0.2, -0.15) is 0 Å². The molecule has 2 heterocycles. The van der Waals surface area contributed by atoms with Crippen LogP contribution in [0.25, 0.3) is 0 Å². The van der Waals surface area contributed by atoms with Crippen LogP contribution < -0.4 is 11.1 Å². The predicted molar refractivity (Wildman–Crippen MR) is 78.1 cm³/mol. The molecule has 0 radical (unpaired) electrons. The van der Waals surface area contributed by atoms with E-state index in [1.165, 1.54) is 0 Å². The van der Waals surface area contributed by atoms with Crippen LogP contribution in [0.1, 0.15) is 23.2 Å². The van der Waals surface area contributed by atoms with E-state index in [4.69, 9.17) is 5.73 Å². The van der Waals surface area contributed by atoms with Gasteiger partial charge in [0.2, 0.25) is 5.91 Å². The molecule has 20 heavy (non-hydrogen) atoms. The van der Waals surface area contributed by atoms with Crippen LogP contribution >= 0.6 is 15.9 Å². The minimum atomic E-state index is -0.313. The maximum Gasteiger partial charge on any atom is 0.254 e. The van der Waals surface area contributed by atoms with Crippen molar-refractivity contribution < 1.29 is 9.59 Å². The van der Waals surface area contributed by atoms with E-state index in [-0.39, 0.29) is 24.4 Å². The molecule has 2 rings (SSSR count). The second kappa shape index (κ2) is 6.81. The molecule has 0 bridgehead atoms. The molecular formula is C13H17BrN4O2. The first kappa shape index (κ1) is 14.9. The van der Waals surface area contributed by atoms with E-state index >= 15 is 0 Å². The van der Waals surface area contributed by atoms with Crippen molar-refractivity contribution in [2.75, 3.05) is 19.6 Å². The fourth-order valence-corrected chi connectivity index (χ4v) is 2.70. The van der Waals surface area contributed by atoms with E-state index < -0.39 is 0 Å². The van der Waals surface area contributed by atoms with Crippen LogP contribution in [-0.4, -0.2) is 47.4 Å². The number of amides is 2. The molecule has 0 unspecified atom stereocenters. The average Bonchev–Trinajstić information content (AvgIpc) is 2.41. The third-order valence-electron chi connectivity index (χ3n) is 3.31. The maximum atomic E-state index is 12.1. The molecule has 0 atom stereocenters. The molecule has 6 nitrogen and oxygen atoms in total. The van der Waals surface area contributed by atoms with Gasteiger partial charge in [0.05, 0.1) is 12.1 Å². The molecule has 0 aliphatic carbocycles. The van der Waals surface area contributed by atoms with E-state index in [0.29, 0.717) is 10.2 Å². The van der Waals surface area contributed by atoms with Gasteiger partial charge in [-0.3, -0.25) is 14.5 Å². The summed E-state index contributed by atoms with van der Waals surface area (Å²) in [6.45, 7) is 1.82. The van der Waals surface area contributed by atoms with Crippen LogP contribution in [-0.2, 0) is 4.79 Å². The number of hydrogen-bond acceptors (Lipinski definition) is 4. The van der Waals surface area contributed by atoms with Crippen LogP contribution in [0.4, 0.5) is 0 Å². The van der Waals surface area contributed by atoms with E-state index in [2.05, 4.69) is 26.2 Å². The first-order chi connectivity index (χ1) is 9.56. The van der Waals surface area contributed by atoms with Gasteiger partial charge >= 0.3 is 0 Å². The molecule has 1 aliphatic rings. The quantitative estimate of drug-likeness (QED) is 0.782. The summed E-state index contributed by atoms with van der Waals surface area (Å²) in [6.07, 6.45) is 3.26. The molecular weight excluding hydrogens is 324 g/mol. The molecule has 1 fully saturated rings. The third kappa shape index (κ3) is 4.01. The number of rotatable bonds is 4. The number of halogens is 1. The lowest BCUT2D eigenvalue weighted by Gasteiger charge is -2.31. The molecule has 108 valence electrons. The van der Waals surface area contributed by atoms with Gasteiger partial charge in [-0.05, 0) is 40.9 Å². The van der Waals surface area contributed by atoms with Crippen molar-refractivity contribution in [1.29, 1.82) is 0 Å². The largest absolute Gasteiger partial charge is 0.369 e. The van der Waals surface area contributed by atoms with Gasteiger partial charge in [0, 0.05) is 25.3 Å². The lowest BCUT2D eigenvalue weighted by Crippen LogP contribution is -2.46. The average molecular weight is 341 g/mol. The molecule has 1 aromatic heterocycles. The number of piperidine rings is 1. The Morgan fingerprint density at radius 1 is 1.45 bits per heavy atom. The maximum absolute atomic E-state index is 12.1. The van der Waals surface area contributed by atoms with Crippen LogP contribution in [0.15, 0.2) is 22.9 Å². The number of nitrogens with one attached hydrogen (secondary N) is 1. The first-order valence-electron chi connectivity index (χ1n) is 6.48. The van der Waals surface area contributed by atoms with Crippen LogP contribution in [0.3, 0.4) is 0 Å². The number of likely N-dealkylation sites (tertiary alicyclic amines) is 1. The fourth-order valence-electron chi connectivity index (χ4n) is 2.27. The molecule has 0 saturated carbocycles. The fraction of sp³-hybridized carbons (Fsp3) is 0.462. The highest BCUT2D eigenvalue weighted by atomic mass is 79.9. The highest BCUT2D eigenvalue weighted by Crippen LogP contribution is 2.15. The summed E-state index contributed by atoms with van der Waals surface area (Å²) in [5.41, 5.74) is 5.70. The normalized spacial score (nSPS) is 16.9. The zero-order chi connectivity index (χ0) is 14.5. The topological polar surface area (TPSA) is 88.3 Å². The SMILES string of the molecule is NC(=O)CN1CCC(NC(=O)c2cccnc2Br)CC1. The zero-order valence-electron chi connectivity index (χ0n) is 11.0. The van der Waals surface area contributed by atoms with Crippen molar-refractivity contribution >= 4 is 27.7 Å². The summed E-state index contributed by atoms with van der Waals surface area (Å²) in [5.74, 6) is -0.440. The Balaban J connectivity index is 1.85. The van der Waals surface area contributed by atoms with E-state index in [9.17, 15) is 9.59 Å². The predicted octanol–water partition coefficient (Wildman–Crippen LogP) is 0.524. The first-order valence-corrected chi connectivity index (χ1v) is 7.27. The summed E-state index contributed by atoms with van der Waals surface area (Å²) in [4.78, 5) is 29.0. The lowest BCUT2D eigenvalue weighted by atomic mass is 10.0. The standard InChI is InChI=1S/C13H17BrN4O2/c14-12-10(2-1-5-16-12)13(20)17-9-3-6-18(7-4-9)8-11(15)19/h1-2,5,9H,3-4,6-8H2,(H2,15,19)(H,17,20). The highest BCUT2D eigenvalue weighted by molar-refractivity contribution is 9.10. The molecule has 1 aromatic rings. The van der Waals surface area contributed by atoms with Gasteiger partial charge in [0.1, 0.15) is 4.60 Å². The second-order valence-corrected chi connectivity index (χ2v) is 5.58. The van der Waals surface area contributed by atoms with E-state index in [1.807, 2.05) is 4.90 Å². The summed E-state index contributed by atoms with van der Waals surface area (Å²) in [7, 11) is 0. The Bertz CT molecular complexity index is 501. The molecule has 1 saturated heterocycles. The van der Waals surface area contributed by atoms with Crippen molar-refractivity contribution in [3.8, 4) is 0 Å². The molecule has 7 heteroatoms. The van der Waals surface area contributed by atoms with Crippen LogP contribution in [0.2, 0.25) is 0 Å².